The van der Waals surface area contributed by atoms with Crippen molar-refractivity contribution >= 4 is 49.6 Å². The van der Waals surface area contributed by atoms with Crippen molar-refractivity contribution in [2.75, 3.05) is 4.57 Å². The first-order valence-corrected chi connectivity index (χ1v) is 20.4. The minimum absolute atomic E-state index is 0. The number of nitrogens with zero attached hydrogens (tertiary/aromatic N) is 2. The zero-order chi connectivity index (χ0) is 26.0. The molecule has 3 aromatic carbocycles. The van der Waals surface area contributed by atoms with E-state index in [1.165, 1.54) is 23.4 Å². The summed E-state index contributed by atoms with van der Waals surface area (Å²) in [5, 5.41) is 5.02. The summed E-state index contributed by atoms with van der Waals surface area (Å²) in [6, 6.07) is 28.6. The molecule has 2 nitrogen and oxygen atoms in total. The van der Waals surface area contributed by atoms with E-state index in [4.69, 9.17) is 23.9 Å². The van der Waals surface area contributed by atoms with Gasteiger partial charge >= 0.3 is 35.6 Å². The van der Waals surface area contributed by atoms with Crippen LogP contribution in [0.25, 0.3) is 5.32 Å². The van der Waals surface area contributed by atoms with Crippen molar-refractivity contribution in [2.45, 2.75) is 37.9 Å². The summed E-state index contributed by atoms with van der Waals surface area (Å²) in [5.41, 5.74) is 6.87. The molecular formula is C32H36Cl2N2SiTi-2. The molecule has 0 bridgehead atoms. The molecule has 1 fully saturated rings. The molecule has 3 aliphatic rings. The van der Waals surface area contributed by atoms with Crippen LogP contribution in [0.1, 0.15) is 24.8 Å². The van der Waals surface area contributed by atoms with Gasteiger partial charge in [-0.2, -0.15) is 0 Å². The van der Waals surface area contributed by atoms with E-state index >= 15 is 0 Å². The zero-order valence-electron chi connectivity index (χ0n) is 22.6. The third kappa shape index (κ3) is 5.46. The van der Waals surface area contributed by atoms with Gasteiger partial charge in [0.1, 0.15) is 0 Å². The normalized spacial score (nSPS) is 24.9. The van der Waals surface area contributed by atoms with Crippen LogP contribution < -0.4 is 4.57 Å². The van der Waals surface area contributed by atoms with Crippen LogP contribution in [0.3, 0.4) is 0 Å². The molecule has 0 saturated heterocycles. The summed E-state index contributed by atoms with van der Waals surface area (Å²) in [7, 11) is 7.78. The van der Waals surface area contributed by atoms with Crippen LogP contribution >= 0.6 is 18.6 Å². The molecule has 1 aliphatic heterocycles. The van der Waals surface area contributed by atoms with Crippen LogP contribution in [0.4, 0.5) is 22.7 Å². The van der Waals surface area contributed by atoms with E-state index in [0.717, 1.165) is 11.4 Å². The van der Waals surface area contributed by atoms with Crippen LogP contribution in [-0.2, 0) is 17.0 Å². The maximum absolute atomic E-state index is 5.02. The molecule has 38 heavy (non-hydrogen) atoms. The topological polar surface area (TPSA) is 17.3 Å². The van der Waals surface area contributed by atoms with E-state index < -0.39 is 25.3 Å². The van der Waals surface area contributed by atoms with Crippen molar-refractivity contribution in [1.82, 2.24) is 0 Å². The minimum atomic E-state index is -2.00. The summed E-state index contributed by atoms with van der Waals surface area (Å²) in [4.78, 5) is 0. The van der Waals surface area contributed by atoms with Crippen molar-refractivity contribution < 1.29 is 17.0 Å². The van der Waals surface area contributed by atoms with Crippen molar-refractivity contribution in [3.8, 4) is 0 Å². The molecule has 1 saturated carbocycles. The Balaban J connectivity index is 0.000000804. The van der Waals surface area contributed by atoms with Crippen molar-refractivity contribution in [3.63, 3.8) is 0 Å². The molecule has 5 atom stereocenters. The molecule has 0 spiro atoms. The molecular weight excluding hydrogens is 559 g/mol. The fourth-order valence-corrected chi connectivity index (χ4v) is 12.0. The number of rotatable bonds is 3. The van der Waals surface area contributed by atoms with Gasteiger partial charge in [0.05, 0.1) is 0 Å². The molecule has 198 valence electrons. The zero-order valence-corrected chi connectivity index (χ0v) is 26.6. The van der Waals surface area contributed by atoms with E-state index in [9.17, 15) is 0 Å². The monoisotopic (exact) mass is 594 g/mol. The Bertz CT molecular complexity index is 1230. The Labute approximate surface area is 246 Å². The van der Waals surface area contributed by atoms with E-state index in [1.54, 1.807) is 0 Å². The summed E-state index contributed by atoms with van der Waals surface area (Å²) in [5.74, 6) is 2.38. The molecule has 6 heteroatoms. The number of para-hydroxylation sites is 4. The average molecular weight is 596 g/mol. The fourth-order valence-electron chi connectivity index (χ4n) is 7.27. The van der Waals surface area contributed by atoms with Crippen LogP contribution in [0.5, 0.6) is 0 Å². The van der Waals surface area contributed by atoms with Crippen molar-refractivity contribution in [2.24, 2.45) is 17.8 Å². The fraction of sp³-hybridized carbons (Fsp3) is 0.281. The predicted molar refractivity (Wildman–Crippen MR) is 165 cm³/mol. The molecule has 0 aromatic heterocycles. The van der Waals surface area contributed by atoms with Crippen LogP contribution in [0, 0.1) is 25.2 Å². The van der Waals surface area contributed by atoms with Gasteiger partial charge in [-0.25, -0.2) is 0 Å². The third-order valence-electron chi connectivity index (χ3n) is 8.45. The third-order valence-corrected chi connectivity index (χ3v) is 12.7. The van der Waals surface area contributed by atoms with E-state index in [0.29, 0.717) is 29.2 Å². The van der Waals surface area contributed by atoms with Gasteiger partial charge in [-0.05, 0) is 47.4 Å². The Kier molecular flexibility index (Phi) is 9.71. The van der Waals surface area contributed by atoms with Gasteiger partial charge in [-0.15, -0.1) is 11.4 Å². The molecule has 2 aliphatic carbocycles. The Morgan fingerprint density at radius 2 is 1.34 bits per heavy atom. The Morgan fingerprint density at radius 3 is 1.95 bits per heavy atom. The van der Waals surface area contributed by atoms with E-state index in [2.05, 4.69) is 128 Å². The second-order valence-electron chi connectivity index (χ2n) is 10.8. The SMILES string of the molecule is C[C@@H]1C[C@@H]2C(c3ccccc3)C=CC=C[C@@H]2C1[Si](C)(C)N1c2ccccc2[N-]c2ccccc21.[CH3-].[Cl][Ti][Cl]. The van der Waals surface area contributed by atoms with E-state index in [-0.39, 0.29) is 7.43 Å². The van der Waals surface area contributed by atoms with Crippen molar-refractivity contribution in [3.05, 3.63) is 121 Å². The first-order valence-electron chi connectivity index (χ1n) is 13.0. The number of anilines is 2. The van der Waals surface area contributed by atoms with Gasteiger partial charge in [0.15, 0.2) is 8.24 Å². The van der Waals surface area contributed by atoms with Crippen LogP contribution in [0.15, 0.2) is 103 Å². The van der Waals surface area contributed by atoms with Gasteiger partial charge in [0.2, 0.25) is 0 Å². The maximum atomic E-state index is 5.02. The molecule has 1 heterocycles. The Hall–Kier alpha value is -1.75. The Morgan fingerprint density at radius 1 is 0.816 bits per heavy atom. The molecule has 2 unspecified atom stereocenters. The van der Waals surface area contributed by atoms with Gasteiger partial charge in [-0.3, -0.25) is 0 Å². The first-order chi connectivity index (χ1) is 18.0. The number of hydrogen-bond acceptors (Lipinski definition) is 1. The summed E-state index contributed by atoms with van der Waals surface area (Å²) >= 11 is -0.556. The van der Waals surface area contributed by atoms with Crippen LogP contribution in [0.2, 0.25) is 18.6 Å². The van der Waals surface area contributed by atoms with Gasteiger partial charge < -0.3 is 17.3 Å². The molecule has 0 amide bonds. The number of hydrogen-bond donors (Lipinski definition) is 0. The number of benzene rings is 3. The van der Waals surface area contributed by atoms with Gasteiger partial charge in [-0.1, -0.05) is 111 Å². The number of allylic oxidation sites excluding steroid dienone is 4. The number of halogens is 2. The molecule has 0 radical (unpaired) electrons. The number of fused-ring (bicyclic) bond motifs is 3. The standard InChI is InChI=1S/C31H33N2Si.CH3.2ClH.Ti/c1-22-21-26-24(23-13-5-4-6-14-23)15-7-8-16-25(26)31(22)34(2,3)33-29-19-11-9-17-27(29)32-28-18-10-12-20-30(28)33;;;;/h4-20,22,24-26,31H,21H2,1-3H3;1H3;2*1H;/q2*-1;;;+2/p-2/t22-,24?,25+,26-,31?;;;;/m1..../s1. The second kappa shape index (κ2) is 12.6. The van der Waals surface area contributed by atoms with E-state index in [1.807, 2.05) is 0 Å². The van der Waals surface area contributed by atoms with Gasteiger partial charge in [0.25, 0.3) is 0 Å². The molecule has 3 aromatic rings. The molecule has 0 N–H and O–H groups in total. The summed E-state index contributed by atoms with van der Waals surface area (Å²) in [6.07, 6.45) is 10.9. The van der Waals surface area contributed by atoms with Gasteiger partial charge in [0, 0.05) is 17.3 Å². The second-order valence-corrected chi connectivity index (χ2v) is 17.8. The van der Waals surface area contributed by atoms with Crippen LogP contribution in [-0.4, -0.2) is 8.24 Å². The average Bonchev–Trinajstić information content (AvgIpc) is 3.11. The predicted octanol–water partition coefficient (Wildman–Crippen LogP) is 11.1. The summed E-state index contributed by atoms with van der Waals surface area (Å²) < 4.78 is 2.73. The summed E-state index contributed by atoms with van der Waals surface area (Å²) in [6.45, 7) is 7.71. The first kappa shape index (κ1) is 29.2. The quantitative estimate of drug-likeness (QED) is 0.218. The molecule has 6 rings (SSSR count). The van der Waals surface area contributed by atoms with Crippen molar-refractivity contribution in [1.29, 1.82) is 0 Å².